The molecule has 4 aliphatic carbocycles. The van der Waals surface area contributed by atoms with Crippen LogP contribution in [-0.4, -0.2) is 28.0 Å². The lowest BCUT2D eigenvalue weighted by atomic mass is 9.63. The lowest BCUT2D eigenvalue weighted by Gasteiger charge is -2.37. The van der Waals surface area contributed by atoms with Gasteiger partial charge in [0.05, 0.1) is 28.5 Å². The van der Waals surface area contributed by atoms with Crippen LogP contribution in [0.3, 0.4) is 0 Å². The third kappa shape index (κ3) is 2.57. The lowest BCUT2D eigenvalue weighted by molar-refractivity contribution is -0.384. The molecule has 8 heteroatoms. The van der Waals surface area contributed by atoms with Crippen LogP contribution in [0.5, 0.6) is 0 Å². The minimum absolute atomic E-state index is 0.0478. The van der Waals surface area contributed by atoms with Gasteiger partial charge in [0.2, 0.25) is 0 Å². The van der Waals surface area contributed by atoms with Crippen LogP contribution in [-0.2, 0) is 9.59 Å². The standard InChI is InChI=1S/C23H19N3O5/c1-11-2-4-15(18(8-11)26(29)30)19-7-3-12(31-19)10-24-25-22(27)20-13-5-6-14(17-9-16(13)17)21(20)23(25)28/h2-8,10,13-14,16-17,20-21H,9H2,1H3/b24-10-/t13-,14-,16-,17+,20-,21+/m0/s1. The van der Waals surface area contributed by atoms with Gasteiger partial charge in [0.15, 0.2) is 0 Å². The maximum Gasteiger partial charge on any atom is 0.280 e. The Bertz CT molecular complexity index is 1180. The zero-order valence-corrected chi connectivity index (χ0v) is 16.7. The van der Waals surface area contributed by atoms with Gasteiger partial charge in [-0.05, 0) is 60.8 Å². The van der Waals surface area contributed by atoms with Crippen molar-refractivity contribution in [3.63, 3.8) is 0 Å². The molecule has 7 rings (SSSR count). The highest BCUT2D eigenvalue weighted by Gasteiger charge is 2.67. The second-order valence-corrected chi connectivity index (χ2v) is 8.87. The second kappa shape index (κ2) is 6.23. The number of nitrogens with zero attached hydrogens (tertiary/aromatic N) is 3. The van der Waals surface area contributed by atoms with Crippen molar-refractivity contribution in [2.24, 2.45) is 40.6 Å². The van der Waals surface area contributed by atoms with Crippen LogP contribution >= 0.6 is 0 Å². The maximum absolute atomic E-state index is 13.0. The first-order valence-electron chi connectivity index (χ1n) is 10.4. The molecule has 8 nitrogen and oxygen atoms in total. The van der Waals surface area contributed by atoms with E-state index in [1.807, 2.05) is 0 Å². The number of hydrogen-bond acceptors (Lipinski definition) is 6. The topological polar surface area (TPSA) is 106 Å². The molecule has 0 unspecified atom stereocenters. The van der Waals surface area contributed by atoms with Crippen molar-refractivity contribution in [3.8, 4) is 11.3 Å². The summed E-state index contributed by atoms with van der Waals surface area (Å²) < 4.78 is 5.71. The number of carbonyl (C=O) groups excluding carboxylic acids is 2. The van der Waals surface area contributed by atoms with Crippen LogP contribution in [0.25, 0.3) is 11.3 Å². The number of hydrazone groups is 1. The van der Waals surface area contributed by atoms with Gasteiger partial charge in [-0.3, -0.25) is 19.7 Å². The molecule has 5 aliphatic rings. The largest absolute Gasteiger partial charge is 0.455 e. The van der Waals surface area contributed by atoms with Crippen molar-refractivity contribution in [1.29, 1.82) is 0 Å². The van der Waals surface area contributed by atoms with E-state index in [-0.39, 0.29) is 41.2 Å². The van der Waals surface area contributed by atoms with Crippen LogP contribution < -0.4 is 0 Å². The smallest absolute Gasteiger partial charge is 0.280 e. The molecule has 2 amide bonds. The lowest BCUT2D eigenvalue weighted by Crippen LogP contribution is -2.40. The SMILES string of the molecule is Cc1ccc(-c2ccc(/C=N\N3C(=O)[C@@H]4[C@H]5C=C[C@@H]([C@@H]6C[C@H]56)[C@@H]4C3=O)o2)c([N+](=O)[O-])c1. The van der Waals surface area contributed by atoms with E-state index in [0.29, 0.717) is 28.9 Å². The zero-order valence-electron chi connectivity index (χ0n) is 16.7. The number of nitro benzene ring substituents is 1. The first kappa shape index (κ1) is 18.2. The second-order valence-electron chi connectivity index (χ2n) is 8.87. The molecular weight excluding hydrogens is 398 g/mol. The van der Waals surface area contributed by atoms with E-state index in [1.54, 1.807) is 31.2 Å². The van der Waals surface area contributed by atoms with Crippen molar-refractivity contribution in [3.05, 3.63) is 63.9 Å². The summed E-state index contributed by atoms with van der Waals surface area (Å²) in [6.45, 7) is 1.78. The summed E-state index contributed by atoms with van der Waals surface area (Å²) in [5.74, 6) is 0.922. The predicted molar refractivity (Wildman–Crippen MR) is 110 cm³/mol. The molecule has 1 aromatic heterocycles. The number of hydrogen-bond donors (Lipinski definition) is 0. The van der Waals surface area contributed by atoms with Gasteiger partial charge in [0.25, 0.3) is 17.5 Å². The number of nitro groups is 1. The van der Waals surface area contributed by atoms with E-state index in [1.165, 1.54) is 12.3 Å². The number of aryl methyl sites for hydroxylation is 1. The van der Waals surface area contributed by atoms with Crippen molar-refractivity contribution < 1.29 is 18.9 Å². The Morgan fingerprint density at radius 1 is 1.10 bits per heavy atom. The van der Waals surface area contributed by atoms with E-state index < -0.39 is 4.92 Å². The van der Waals surface area contributed by atoms with Gasteiger partial charge in [0, 0.05) is 6.07 Å². The summed E-state index contributed by atoms with van der Waals surface area (Å²) in [6, 6.07) is 8.13. The van der Waals surface area contributed by atoms with Gasteiger partial charge in [-0.15, -0.1) is 0 Å². The van der Waals surface area contributed by atoms with E-state index >= 15 is 0 Å². The van der Waals surface area contributed by atoms with Crippen LogP contribution in [0, 0.1) is 52.5 Å². The average Bonchev–Trinajstić information content (AvgIpc) is 3.39. The minimum atomic E-state index is -0.450. The van der Waals surface area contributed by atoms with Crippen molar-refractivity contribution >= 4 is 23.7 Å². The number of rotatable bonds is 4. The van der Waals surface area contributed by atoms with Crippen LogP contribution in [0.1, 0.15) is 17.7 Å². The van der Waals surface area contributed by atoms with Crippen LogP contribution in [0.2, 0.25) is 0 Å². The fourth-order valence-electron chi connectivity index (χ4n) is 5.74. The Morgan fingerprint density at radius 3 is 2.42 bits per heavy atom. The third-order valence-corrected chi connectivity index (χ3v) is 7.18. The number of furan rings is 1. The highest BCUT2D eigenvalue weighted by atomic mass is 16.6. The van der Waals surface area contributed by atoms with Gasteiger partial charge >= 0.3 is 0 Å². The average molecular weight is 417 g/mol. The maximum atomic E-state index is 13.0. The molecule has 31 heavy (non-hydrogen) atoms. The van der Waals surface area contributed by atoms with E-state index in [2.05, 4.69) is 17.3 Å². The summed E-state index contributed by atoms with van der Waals surface area (Å²) in [4.78, 5) is 36.8. The van der Waals surface area contributed by atoms with E-state index in [0.717, 1.165) is 17.0 Å². The van der Waals surface area contributed by atoms with Gasteiger partial charge in [-0.25, -0.2) is 0 Å². The number of benzene rings is 1. The summed E-state index contributed by atoms with van der Waals surface area (Å²) in [7, 11) is 0. The molecular formula is C23H19N3O5. The molecule has 3 fully saturated rings. The molecule has 2 heterocycles. The number of amides is 2. The fraction of sp³-hybridized carbons (Fsp3) is 0.348. The number of imide groups is 1. The molecule has 0 spiro atoms. The monoisotopic (exact) mass is 417 g/mol. The summed E-state index contributed by atoms with van der Waals surface area (Å²) in [6.07, 6.45) is 6.67. The van der Waals surface area contributed by atoms with Gasteiger partial charge in [-0.2, -0.15) is 10.1 Å². The molecule has 6 atom stereocenters. The molecule has 2 aromatic rings. The highest BCUT2D eigenvalue weighted by molar-refractivity contribution is 6.06. The number of carbonyl (C=O) groups is 2. The Hall–Kier alpha value is -3.55. The Balaban J connectivity index is 1.26. The van der Waals surface area contributed by atoms with Gasteiger partial charge < -0.3 is 4.42 Å². The summed E-state index contributed by atoms with van der Waals surface area (Å²) in [5, 5.41) is 16.5. The van der Waals surface area contributed by atoms with Crippen molar-refractivity contribution in [2.75, 3.05) is 0 Å². The molecule has 2 bridgehead atoms. The molecule has 1 aliphatic heterocycles. The first-order chi connectivity index (χ1) is 14.9. The number of allylic oxidation sites excluding steroid dienone is 2. The first-order valence-corrected chi connectivity index (χ1v) is 10.4. The fourth-order valence-corrected chi connectivity index (χ4v) is 5.74. The predicted octanol–water partition coefficient (Wildman–Crippen LogP) is 3.55. The minimum Gasteiger partial charge on any atom is -0.455 e. The Labute approximate surface area is 177 Å². The zero-order chi connectivity index (χ0) is 21.4. The van der Waals surface area contributed by atoms with Crippen molar-refractivity contribution in [2.45, 2.75) is 13.3 Å². The molecule has 1 aromatic carbocycles. The molecule has 0 radical (unpaired) electrons. The van der Waals surface area contributed by atoms with E-state index in [4.69, 9.17) is 4.42 Å². The Morgan fingerprint density at radius 2 is 1.77 bits per heavy atom. The molecule has 0 N–H and O–H groups in total. The van der Waals surface area contributed by atoms with Crippen LogP contribution in [0.15, 0.2) is 52.0 Å². The summed E-state index contributed by atoms with van der Waals surface area (Å²) in [5.41, 5.74) is 1.09. The van der Waals surface area contributed by atoms with Crippen LogP contribution in [0.4, 0.5) is 5.69 Å². The quantitative estimate of drug-likeness (QED) is 0.249. The normalized spacial score (nSPS) is 32.6. The highest BCUT2D eigenvalue weighted by Crippen LogP contribution is 2.65. The molecule has 156 valence electrons. The van der Waals surface area contributed by atoms with Gasteiger partial charge in [0.1, 0.15) is 11.5 Å². The Kier molecular flexibility index (Phi) is 3.66. The van der Waals surface area contributed by atoms with E-state index in [9.17, 15) is 19.7 Å². The van der Waals surface area contributed by atoms with Gasteiger partial charge in [-0.1, -0.05) is 18.2 Å². The molecule has 1 saturated heterocycles. The molecule has 2 saturated carbocycles. The van der Waals surface area contributed by atoms with Crippen molar-refractivity contribution in [1.82, 2.24) is 5.01 Å². The summed E-state index contributed by atoms with van der Waals surface area (Å²) >= 11 is 0. The third-order valence-electron chi connectivity index (χ3n) is 7.18.